The first-order valence-corrected chi connectivity index (χ1v) is 19.1. The summed E-state index contributed by atoms with van der Waals surface area (Å²) in [5, 5.41) is 0. The fourth-order valence-electron chi connectivity index (χ4n) is 3.30. The Labute approximate surface area is 289 Å². The van der Waals surface area contributed by atoms with E-state index in [1.165, 1.54) is 0 Å². The zero-order valence-electron chi connectivity index (χ0n) is 30.2. The summed E-state index contributed by atoms with van der Waals surface area (Å²) in [4.78, 5) is 1.50. The van der Waals surface area contributed by atoms with Gasteiger partial charge in [-0.3, -0.25) is 0 Å². The van der Waals surface area contributed by atoms with Gasteiger partial charge in [0, 0.05) is 11.1 Å². The van der Waals surface area contributed by atoms with Crippen molar-refractivity contribution >= 4 is 19.7 Å². The summed E-state index contributed by atoms with van der Waals surface area (Å²) in [5.41, 5.74) is 1.63. The van der Waals surface area contributed by atoms with Crippen molar-refractivity contribution in [3.8, 4) is 11.1 Å². The van der Waals surface area contributed by atoms with Gasteiger partial charge in [0.25, 0.3) is 0 Å². The van der Waals surface area contributed by atoms with Gasteiger partial charge in [0.1, 0.15) is 0 Å². The molecule has 0 aromatic heterocycles. The molecule has 0 amide bonds. The van der Waals surface area contributed by atoms with E-state index in [4.69, 9.17) is 0 Å². The summed E-state index contributed by atoms with van der Waals surface area (Å²) in [6.45, 7) is 26.0. The van der Waals surface area contributed by atoms with Crippen LogP contribution in [-0.2, 0) is 19.7 Å². The lowest BCUT2D eigenvalue weighted by molar-refractivity contribution is 0.595. The molecule has 0 bridgehead atoms. The van der Waals surface area contributed by atoms with Crippen LogP contribution >= 0.6 is 0 Å². The molecule has 1 heterocycles. The predicted octanol–water partition coefficient (Wildman–Crippen LogP) is 12.3. The third kappa shape index (κ3) is 18.1. The van der Waals surface area contributed by atoms with Crippen LogP contribution in [0.3, 0.4) is 0 Å². The van der Waals surface area contributed by atoms with Crippen molar-refractivity contribution in [3.05, 3.63) is 109 Å². The minimum atomic E-state index is -3.34. The van der Waals surface area contributed by atoms with E-state index in [-0.39, 0.29) is 7.43 Å². The molecule has 0 atom stereocenters. The van der Waals surface area contributed by atoms with Crippen LogP contribution < -0.4 is 0 Å². The Morgan fingerprint density at radius 1 is 0.404 bits per heavy atom. The first-order chi connectivity index (χ1) is 21.3. The number of rotatable bonds is 2. The topological polar surface area (TPSA) is 68.3 Å². The zero-order chi connectivity index (χ0) is 35.5. The molecule has 4 aromatic rings. The van der Waals surface area contributed by atoms with E-state index >= 15 is 0 Å². The highest BCUT2D eigenvalue weighted by atomic mass is 32.2. The normalized spacial score (nSPS) is 11.7. The standard InChI is InChI=1S/C12H8O2S.C12H10O2S.4C4H10.CH4/c13-15(14)11-7-3-1-5-9(11)10-6-2-4-8-12(10)15;13-15(14,11-7-3-1-4-8-11)12-9-5-2-6-10-12;4*1-4(2)3;/h1-8H;1-10H;4*4H,1-3H3;1H4. The van der Waals surface area contributed by atoms with Crippen LogP contribution in [0.15, 0.2) is 129 Å². The van der Waals surface area contributed by atoms with Gasteiger partial charge >= 0.3 is 0 Å². The lowest BCUT2D eigenvalue weighted by Crippen LogP contribution is -2.00. The van der Waals surface area contributed by atoms with Gasteiger partial charge in [0.15, 0.2) is 0 Å². The average molecular weight is 683 g/mol. The third-order valence-corrected chi connectivity index (χ3v) is 8.41. The van der Waals surface area contributed by atoms with Gasteiger partial charge in [-0.25, -0.2) is 16.8 Å². The molecular weight excluding hydrogens is 621 g/mol. The van der Waals surface area contributed by atoms with E-state index in [0.29, 0.717) is 19.6 Å². The molecule has 0 N–H and O–H groups in total. The summed E-state index contributed by atoms with van der Waals surface area (Å²) < 4.78 is 48.2. The number of fused-ring (bicyclic) bond motifs is 3. The molecule has 5 rings (SSSR count). The van der Waals surface area contributed by atoms with Gasteiger partial charge in [0.05, 0.1) is 19.6 Å². The molecule has 47 heavy (non-hydrogen) atoms. The Morgan fingerprint density at radius 3 is 0.872 bits per heavy atom. The van der Waals surface area contributed by atoms with E-state index in [1.807, 2.05) is 24.3 Å². The fraction of sp³-hybridized carbons (Fsp3) is 0.415. The van der Waals surface area contributed by atoms with Gasteiger partial charge in [-0.2, -0.15) is 0 Å². The van der Waals surface area contributed by atoms with E-state index in [1.54, 1.807) is 84.9 Å². The Balaban J connectivity index is 0. The van der Waals surface area contributed by atoms with Crippen molar-refractivity contribution in [2.75, 3.05) is 0 Å². The summed E-state index contributed by atoms with van der Waals surface area (Å²) in [6, 6.07) is 31.1. The monoisotopic (exact) mass is 682 g/mol. The maximum atomic E-state index is 12.1. The van der Waals surface area contributed by atoms with Crippen molar-refractivity contribution in [2.24, 2.45) is 23.7 Å². The minimum absolute atomic E-state index is 0. The quantitative estimate of drug-likeness (QED) is 0.186. The fourth-order valence-corrected chi connectivity index (χ4v) is 6.29. The zero-order valence-corrected chi connectivity index (χ0v) is 31.8. The molecule has 262 valence electrons. The first-order valence-electron chi connectivity index (χ1n) is 16.1. The Morgan fingerprint density at radius 2 is 0.617 bits per heavy atom. The molecule has 0 fully saturated rings. The molecule has 4 nitrogen and oxygen atoms in total. The van der Waals surface area contributed by atoms with Gasteiger partial charge in [-0.15, -0.1) is 0 Å². The number of sulfone groups is 2. The molecule has 1 aliphatic heterocycles. The summed E-state index contributed by atoms with van der Waals surface area (Å²) in [5.74, 6) is 3.33. The average Bonchev–Trinajstić information content (AvgIpc) is 3.20. The smallest absolute Gasteiger partial charge is 0.207 e. The number of hydrogen-bond donors (Lipinski definition) is 0. The molecule has 0 radical (unpaired) electrons. The van der Waals surface area contributed by atoms with Gasteiger partial charge < -0.3 is 0 Å². The van der Waals surface area contributed by atoms with Crippen LogP contribution in [0.1, 0.15) is 90.5 Å². The van der Waals surface area contributed by atoms with Crippen molar-refractivity contribution in [1.29, 1.82) is 0 Å². The third-order valence-electron chi connectivity index (χ3n) is 4.75. The largest absolute Gasteiger partial charge is 0.219 e. The molecule has 0 saturated heterocycles. The van der Waals surface area contributed by atoms with Gasteiger partial charge in [0.2, 0.25) is 19.7 Å². The molecule has 0 spiro atoms. The highest BCUT2D eigenvalue weighted by molar-refractivity contribution is 7.92. The van der Waals surface area contributed by atoms with Gasteiger partial charge in [-0.1, -0.05) is 163 Å². The van der Waals surface area contributed by atoms with Crippen molar-refractivity contribution in [2.45, 2.75) is 110 Å². The highest BCUT2D eigenvalue weighted by Crippen LogP contribution is 2.42. The molecular formula is C41H62O4S2. The van der Waals surface area contributed by atoms with Crippen molar-refractivity contribution in [3.63, 3.8) is 0 Å². The summed E-state index contributed by atoms with van der Waals surface area (Å²) >= 11 is 0. The van der Waals surface area contributed by atoms with E-state index in [9.17, 15) is 16.8 Å². The predicted molar refractivity (Wildman–Crippen MR) is 204 cm³/mol. The van der Waals surface area contributed by atoms with Crippen molar-refractivity contribution in [1.82, 2.24) is 0 Å². The molecule has 0 saturated carbocycles. The number of benzene rings is 4. The second kappa shape index (κ2) is 23.2. The SMILES string of the molecule is C.CC(C)C.CC(C)C.CC(C)C.CC(C)C.O=S(=O)(c1ccccc1)c1ccccc1.O=S1(=O)c2ccccc2-c2ccccc21. The highest BCUT2D eigenvalue weighted by Gasteiger charge is 2.31. The van der Waals surface area contributed by atoms with E-state index in [2.05, 4.69) is 83.1 Å². The van der Waals surface area contributed by atoms with Crippen LogP contribution in [-0.4, -0.2) is 16.8 Å². The number of hydrogen-bond acceptors (Lipinski definition) is 4. The van der Waals surface area contributed by atoms with Gasteiger partial charge in [-0.05, 0) is 60.1 Å². The first kappa shape index (κ1) is 45.9. The second-order valence-electron chi connectivity index (χ2n) is 13.6. The molecule has 1 aliphatic rings. The van der Waals surface area contributed by atoms with Crippen LogP contribution in [0.2, 0.25) is 0 Å². The minimum Gasteiger partial charge on any atom is -0.219 e. The maximum Gasteiger partial charge on any atom is 0.207 e. The Bertz CT molecular complexity index is 1450. The van der Waals surface area contributed by atoms with Crippen LogP contribution in [0, 0.1) is 23.7 Å². The molecule has 0 aliphatic carbocycles. The maximum absolute atomic E-state index is 12.1. The Kier molecular flexibility index (Phi) is 22.6. The summed E-state index contributed by atoms with van der Waals surface area (Å²) in [6.07, 6.45) is 0. The van der Waals surface area contributed by atoms with Crippen LogP contribution in [0.25, 0.3) is 11.1 Å². The van der Waals surface area contributed by atoms with Crippen molar-refractivity contribution < 1.29 is 16.8 Å². The summed E-state index contributed by atoms with van der Waals surface area (Å²) in [7, 11) is -6.60. The lowest BCUT2D eigenvalue weighted by Gasteiger charge is -2.03. The Hall–Kier alpha value is -3.22. The molecule has 4 aromatic carbocycles. The lowest BCUT2D eigenvalue weighted by atomic mass is 10.1. The second-order valence-corrected chi connectivity index (χ2v) is 17.4. The van der Waals surface area contributed by atoms with Crippen LogP contribution in [0.5, 0.6) is 0 Å². The molecule has 0 unspecified atom stereocenters. The molecule has 6 heteroatoms. The van der Waals surface area contributed by atoms with Crippen LogP contribution in [0.4, 0.5) is 0 Å². The van der Waals surface area contributed by atoms with E-state index in [0.717, 1.165) is 34.8 Å². The van der Waals surface area contributed by atoms with E-state index < -0.39 is 19.7 Å².